The molecule has 0 radical (unpaired) electrons. The molecule has 3 nitrogen and oxygen atoms in total. The second-order valence-electron chi connectivity index (χ2n) is 4.18. The van der Waals surface area contributed by atoms with E-state index in [-0.39, 0.29) is 0 Å². The van der Waals surface area contributed by atoms with Crippen molar-refractivity contribution in [3.63, 3.8) is 0 Å². The van der Waals surface area contributed by atoms with Crippen molar-refractivity contribution in [1.29, 1.82) is 0 Å². The topological polar surface area (TPSA) is 44.5 Å². The number of benzene rings is 2. The van der Waals surface area contributed by atoms with Crippen molar-refractivity contribution in [2.45, 2.75) is 6.92 Å². The number of hydrogen-bond donors (Lipinski definition) is 1. The maximum absolute atomic E-state index is 5.92. The summed E-state index contributed by atoms with van der Waals surface area (Å²) >= 11 is 5.92. The van der Waals surface area contributed by atoms with Gasteiger partial charge in [0.1, 0.15) is 24.7 Å². The summed E-state index contributed by atoms with van der Waals surface area (Å²) in [5.41, 5.74) is 7.40. The minimum atomic E-state index is 0.454. The third-order valence-electron chi connectivity index (χ3n) is 2.62. The third-order valence-corrected chi connectivity index (χ3v) is 2.85. The Bertz CT molecular complexity index is 558. The summed E-state index contributed by atoms with van der Waals surface area (Å²) in [6.07, 6.45) is 0. The van der Waals surface area contributed by atoms with Crippen molar-refractivity contribution < 1.29 is 9.47 Å². The molecule has 0 aliphatic rings. The molecule has 2 N–H and O–H groups in total. The Morgan fingerprint density at radius 3 is 2.63 bits per heavy atom. The SMILES string of the molecule is Cc1ccc(Cl)cc1OCCOc1cccc(N)c1. The number of nitrogens with two attached hydrogens (primary N) is 1. The first kappa shape index (κ1) is 13.6. The molecule has 100 valence electrons. The lowest BCUT2D eigenvalue weighted by Crippen LogP contribution is -2.09. The second kappa shape index (κ2) is 6.34. The quantitative estimate of drug-likeness (QED) is 0.670. The van der Waals surface area contributed by atoms with Crippen molar-refractivity contribution in [2.75, 3.05) is 18.9 Å². The first-order valence-corrected chi connectivity index (χ1v) is 6.40. The van der Waals surface area contributed by atoms with Crippen LogP contribution >= 0.6 is 11.6 Å². The van der Waals surface area contributed by atoms with Gasteiger partial charge in [-0.05, 0) is 36.8 Å². The Morgan fingerprint density at radius 2 is 1.84 bits per heavy atom. The monoisotopic (exact) mass is 277 g/mol. The molecule has 0 saturated carbocycles. The molecule has 0 saturated heterocycles. The van der Waals surface area contributed by atoms with Crippen molar-refractivity contribution in [3.05, 3.63) is 53.1 Å². The van der Waals surface area contributed by atoms with Gasteiger partial charge in [-0.25, -0.2) is 0 Å². The Hall–Kier alpha value is -1.87. The van der Waals surface area contributed by atoms with Crippen LogP contribution in [0.4, 0.5) is 5.69 Å². The molecule has 0 amide bonds. The van der Waals surface area contributed by atoms with Crippen LogP contribution in [0.2, 0.25) is 5.02 Å². The van der Waals surface area contributed by atoms with Crippen molar-refractivity contribution >= 4 is 17.3 Å². The van der Waals surface area contributed by atoms with Gasteiger partial charge in [-0.2, -0.15) is 0 Å². The smallest absolute Gasteiger partial charge is 0.123 e. The van der Waals surface area contributed by atoms with E-state index in [1.54, 1.807) is 12.1 Å². The fraction of sp³-hybridized carbons (Fsp3) is 0.200. The zero-order chi connectivity index (χ0) is 13.7. The molecule has 0 aliphatic carbocycles. The van der Waals surface area contributed by atoms with Crippen LogP contribution in [0.5, 0.6) is 11.5 Å². The van der Waals surface area contributed by atoms with Gasteiger partial charge < -0.3 is 15.2 Å². The van der Waals surface area contributed by atoms with Gasteiger partial charge in [-0.15, -0.1) is 0 Å². The molecule has 2 rings (SSSR count). The van der Waals surface area contributed by atoms with Crippen LogP contribution in [0.1, 0.15) is 5.56 Å². The maximum atomic E-state index is 5.92. The molecule has 0 heterocycles. The van der Waals surface area contributed by atoms with Gasteiger partial charge >= 0.3 is 0 Å². The minimum Gasteiger partial charge on any atom is -0.490 e. The third kappa shape index (κ3) is 4.07. The van der Waals surface area contributed by atoms with E-state index in [9.17, 15) is 0 Å². The molecule has 0 aromatic heterocycles. The van der Waals surface area contributed by atoms with Crippen LogP contribution in [-0.2, 0) is 0 Å². The van der Waals surface area contributed by atoms with Crippen LogP contribution in [0.3, 0.4) is 0 Å². The average Bonchev–Trinajstić information content (AvgIpc) is 2.39. The highest BCUT2D eigenvalue weighted by atomic mass is 35.5. The van der Waals surface area contributed by atoms with Gasteiger partial charge in [0.05, 0.1) is 0 Å². The highest BCUT2D eigenvalue weighted by Crippen LogP contribution is 2.22. The molecule has 4 heteroatoms. The number of halogens is 1. The first-order valence-electron chi connectivity index (χ1n) is 6.02. The lowest BCUT2D eigenvalue weighted by molar-refractivity contribution is 0.216. The summed E-state index contributed by atoms with van der Waals surface area (Å²) in [5.74, 6) is 1.52. The number of ether oxygens (including phenoxy) is 2. The van der Waals surface area contributed by atoms with Gasteiger partial charge in [0.25, 0.3) is 0 Å². The van der Waals surface area contributed by atoms with Crippen LogP contribution in [-0.4, -0.2) is 13.2 Å². The second-order valence-corrected chi connectivity index (χ2v) is 4.62. The zero-order valence-electron chi connectivity index (χ0n) is 10.7. The van der Waals surface area contributed by atoms with Gasteiger partial charge in [-0.1, -0.05) is 23.7 Å². The molecule has 2 aromatic carbocycles. The summed E-state index contributed by atoms with van der Waals surface area (Å²) in [6, 6.07) is 12.9. The summed E-state index contributed by atoms with van der Waals surface area (Å²) < 4.78 is 11.2. The number of hydrogen-bond acceptors (Lipinski definition) is 3. The summed E-state index contributed by atoms with van der Waals surface area (Å²) in [6.45, 7) is 2.88. The largest absolute Gasteiger partial charge is 0.490 e. The number of nitrogen functional groups attached to an aromatic ring is 1. The Labute approximate surface area is 117 Å². The van der Waals surface area contributed by atoms with Gasteiger partial charge in [-0.3, -0.25) is 0 Å². The number of aryl methyl sites for hydroxylation is 1. The van der Waals surface area contributed by atoms with Gasteiger partial charge in [0.2, 0.25) is 0 Å². The highest BCUT2D eigenvalue weighted by molar-refractivity contribution is 6.30. The van der Waals surface area contributed by atoms with E-state index in [1.165, 1.54) is 0 Å². The summed E-state index contributed by atoms with van der Waals surface area (Å²) in [4.78, 5) is 0. The van der Waals surface area contributed by atoms with Crippen LogP contribution in [0.15, 0.2) is 42.5 Å². The molecular formula is C15H16ClNO2. The molecule has 0 aliphatic heterocycles. The molecule has 0 spiro atoms. The van der Waals surface area contributed by atoms with Crippen LogP contribution in [0.25, 0.3) is 0 Å². The van der Waals surface area contributed by atoms with Crippen LogP contribution in [0, 0.1) is 6.92 Å². The zero-order valence-corrected chi connectivity index (χ0v) is 11.5. The molecule has 19 heavy (non-hydrogen) atoms. The fourth-order valence-corrected chi connectivity index (χ4v) is 1.81. The Morgan fingerprint density at radius 1 is 1.05 bits per heavy atom. The fourth-order valence-electron chi connectivity index (χ4n) is 1.64. The van der Waals surface area contributed by atoms with Crippen molar-refractivity contribution in [3.8, 4) is 11.5 Å². The van der Waals surface area contributed by atoms with Crippen molar-refractivity contribution in [2.24, 2.45) is 0 Å². The number of rotatable bonds is 5. The summed E-state index contributed by atoms with van der Waals surface area (Å²) in [5, 5.41) is 0.664. The molecule has 0 bridgehead atoms. The van der Waals surface area contributed by atoms with Crippen LogP contribution < -0.4 is 15.2 Å². The molecule has 2 aromatic rings. The van der Waals surface area contributed by atoms with E-state index in [0.717, 1.165) is 17.1 Å². The molecule has 0 fully saturated rings. The van der Waals surface area contributed by atoms with E-state index >= 15 is 0 Å². The lowest BCUT2D eigenvalue weighted by atomic mass is 10.2. The molecule has 0 atom stereocenters. The predicted molar refractivity (Wildman–Crippen MR) is 78.0 cm³/mol. The Balaban J connectivity index is 1.82. The number of anilines is 1. The molecule has 0 unspecified atom stereocenters. The molecular weight excluding hydrogens is 262 g/mol. The van der Waals surface area contributed by atoms with Gasteiger partial charge in [0.15, 0.2) is 0 Å². The van der Waals surface area contributed by atoms with Gasteiger partial charge in [0, 0.05) is 16.8 Å². The standard InChI is InChI=1S/C15H16ClNO2/c1-11-5-6-12(16)9-15(11)19-8-7-18-14-4-2-3-13(17)10-14/h2-6,9-10H,7-8,17H2,1H3. The van der Waals surface area contributed by atoms with E-state index in [2.05, 4.69) is 0 Å². The van der Waals surface area contributed by atoms with E-state index in [1.807, 2.05) is 37.3 Å². The van der Waals surface area contributed by atoms with E-state index < -0.39 is 0 Å². The Kier molecular flexibility index (Phi) is 4.53. The normalized spacial score (nSPS) is 10.2. The summed E-state index contributed by atoms with van der Waals surface area (Å²) in [7, 11) is 0. The lowest BCUT2D eigenvalue weighted by Gasteiger charge is -2.10. The van der Waals surface area contributed by atoms with E-state index in [4.69, 9.17) is 26.8 Å². The van der Waals surface area contributed by atoms with E-state index in [0.29, 0.717) is 23.9 Å². The maximum Gasteiger partial charge on any atom is 0.123 e. The average molecular weight is 278 g/mol. The highest BCUT2D eigenvalue weighted by Gasteiger charge is 2.01. The minimum absolute atomic E-state index is 0.454. The first-order chi connectivity index (χ1) is 9.15. The predicted octanol–water partition coefficient (Wildman–Crippen LogP) is 3.69. The van der Waals surface area contributed by atoms with Crippen molar-refractivity contribution in [1.82, 2.24) is 0 Å².